The fourth-order valence-corrected chi connectivity index (χ4v) is 1.94. The van der Waals surface area contributed by atoms with Gasteiger partial charge in [0.25, 0.3) is 0 Å². The van der Waals surface area contributed by atoms with Crippen molar-refractivity contribution in [1.82, 2.24) is 10.2 Å². The van der Waals surface area contributed by atoms with Gasteiger partial charge in [-0.05, 0) is 19.3 Å². The fourth-order valence-electron chi connectivity index (χ4n) is 1.94. The Morgan fingerprint density at radius 3 is 2.94 bits per heavy atom. The van der Waals surface area contributed by atoms with Crippen molar-refractivity contribution in [2.75, 3.05) is 20.2 Å². The number of rotatable bonds is 5. The third-order valence-corrected chi connectivity index (χ3v) is 3.00. The first-order valence-corrected chi connectivity index (χ1v) is 6.00. The van der Waals surface area contributed by atoms with Crippen molar-refractivity contribution < 1.29 is 19.4 Å². The summed E-state index contributed by atoms with van der Waals surface area (Å²) in [5.74, 6) is -1.05. The maximum absolute atomic E-state index is 11.9. The summed E-state index contributed by atoms with van der Waals surface area (Å²) in [5, 5.41) is 11.4. The molecule has 0 radical (unpaired) electrons. The number of hydrogen-bond acceptors (Lipinski definition) is 3. The number of urea groups is 1. The molecule has 0 bridgehead atoms. The molecule has 0 aromatic carbocycles. The first kappa shape index (κ1) is 14.5. The minimum Gasteiger partial charge on any atom is -0.480 e. The summed E-state index contributed by atoms with van der Waals surface area (Å²) in [7, 11) is 1.61. The molecular formula is C12H20N2O4. The Bertz CT molecular complexity index is 319. The second-order valence-electron chi connectivity index (χ2n) is 4.31. The lowest BCUT2D eigenvalue weighted by molar-refractivity contribution is -0.139. The van der Waals surface area contributed by atoms with Crippen molar-refractivity contribution in [1.29, 1.82) is 0 Å². The van der Waals surface area contributed by atoms with Gasteiger partial charge in [0.05, 0.1) is 6.10 Å². The topological polar surface area (TPSA) is 78.9 Å². The number of nitrogens with one attached hydrogen (secondary N) is 1. The number of hydrogen-bond donors (Lipinski definition) is 2. The molecule has 0 aromatic rings. The Morgan fingerprint density at radius 1 is 1.67 bits per heavy atom. The van der Waals surface area contributed by atoms with E-state index in [1.54, 1.807) is 12.0 Å². The molecule has 6 heteroatoms. The van der Waals surface area contributed by atoms with Gasteiger partial charge in [0, 0.05) is 20.2 Å². The predicted octanol–water partition coefficient (Wildman–Crippen LogP) is 0.836. The van der Waals surface area contributed by atoms with Crippen LogP contribution in [-0.4, -0.2) is 54.4 Å². The lowest BCUT2D eigenvalue weighted by atomic mass is 10.1. The number of ether oxygens (including phenoxy) is 1. The summed E-state index contributed by atoms with van der Waals surface area (Å²) in [6.07, 6.45) is 3.52. The molecule has 1 aliphatic heterocycles. The van der Waals surface area contributed by atoms with Crippen LogP contribution in [0.15, 0.2) is 12.7 Å². The molecule has 2 N–H and O–H groups in total. The van der Waals surface area contributed by atoms with Crippen LogP contribution in [0.5, 0.6) is 0 Å². The molecule has 2 amide bonds. The van der Waals surface area contributed by atoms with Crippen LogP contribution in [0.25, 0.3) is 0 Å². The second-order valence-corrected chi connectivity index (χ2v) is 4.31. The minimum atomic E-state index is -1.05. The molecular weight excluding hydrogens is 236 g/mol. The van der Waals surface area contributed by atoms with Crippen LogP contribution >= 0.6 is 0 Å². The van der Waals surface area contributed by atoms with Crippen molar-refractivity contribution in [2.24, 2.45) is 0 Å². The van der Waals surface area contributed by atoms with Gasteiger partial charge in [-0.1, -0.05) is 6.08 Å². The summed E-state index contributed by atoms with van der Waals surface area (Å²) in [5.41, 5.74) is 0. The fraction of sp³-hybridized carbons (Fsp3) is 0.667. The lowest BCUT2D eigenvalue weighted by Crippen LogP contribution is -2.51. The summed E-state index contributed by atoms with van der Waals surface area (Å²) in [6.45, 7) is 4.61. The van der Waals surface area contributed by atoms with Crippen LogP contribution in [0.2, 0.25) is 0 Å². The average Bonchev–Trinajstić information content (AvgIpc) is 2.38. The van der Waals surface area contributed by atoms with Gasteiger partial charge in [-0.2, -0.15) is 0 Å². The quantitative estimate of drug-likeness (QED) is 0.714. The highest BCUT2D eigenvalue weighted by Gasteiger charge is 2.26. The molecule has 6 nitrogen and oxygen atoms in total. The monoisotopic (exact) mass is 256 g/mol. The highest BCUT2D eigenvalue weighted by molar-refractivity contribution is 5.82. The molecule has 0 aliphatic carbocycles. The molecule has 1 rings (SSSR count). The molecule has 1 fully saturated rings. The van der Waals surface area contributed by atoms with E-state index in [9.17, 15) is 9.59 Å². The Morgan fingerprint density at radius 2 is 2.39 bits per heavy atom. The number of carboxylic acid groups (broad SMARTS) is 1. The normalized spacial score (nSPS) is 21.2. The highest BCUT2D eigenvalue weighted by Crippen LogP contribution is 2.12. The molecule has 0 spiro atoms. The summed E-state index contributed by atoms with van der Waals surface area (Å²) in [4.78, 5) is 24.4. The third kappa shape index (κ3) is 4.03. The number of nitrogens with zero attached hydrogens (tertiary/aromatic N) is 1. The zero-order valence-electron chi connectivity index (χ0n) is 10.6. The van der Waals surface area contributed by atoms with E-state index in [4.69, 9.17) is 9.84 Å². The Balaban J connectivity index is 2.52. The molecule has 0 saturated carbocycles. The summed E-state index contributed by atoms with van der Waals surface area (Å²) in [6, 6.07) is -1.27. The number of aliphatic carboxylic acids is 1. The van der Waals surface area contributed by atoms with Gasteiger partial charge in [0.2, 0.25) is 0 Å². The zero-order valence-corrected chi connectivity index (χ0v) is 10.6. The molecule has 1 aliphatic rings. The second kappa shape index (κ2) is 7.00. The number of piperidine rings is 1. The van der Waals surface area contributed by atoms with Crippen molar-refractivity contribution in [3.63, 3.8) is 0 Å². The number of amides is 2. The van der Waals surface area contributed by atoms with Crippen molar-refractivity contribution >= 4 is 12.0 Å². The van der Waals surface area contributed by atoms with Crippen LogP contribution in [-0.2, 0) is 9.53 Å². The zero-order chi connectivity index (χ0) is 13.5. The molecule has 2 atom stereocenters. The molecule has 1 heterocycles. The summed E-state index contributed by atoms with van der Waals surface area (Å²) < 4.78 is 5.22. The van der Waals surface area contributed by atoms with Gasteiger partial charge in [0.1, 0.15) is 6.04 Å². The number of carbonyl (C=O) groups excluding carboxylic acids is 1. The Kier molecular flexibility index (Phi) is 5.64. The van der Waals surface area contributed by atoms with Gasteiger partial charge >= 0.3 is 12.0 Å². The van der Waals surface area contributed by atoms with Crippen LogP contribution in [0.4, 0.5) is 4.79 Å². The van der Waals surface area contributed by atoms with Crippen molar-refractivity contribution in [3.05, 3.63) is 12.7 Å². The minimum absolute atomic E-state index is 0.0344. The van der Waals surface area contributed by atoms with E-state index in [1.807, 2.05) is 0 Å². The number of methoxy groups -OCH3 is 1. The maximum atomic E-state index is 11.9. The highest BCUT2D eigenvalue weighted by atomic mass is 16.5. The van der Waals surface area contributed by atoms with Gasteiger partial charge in [0.15, 0.2) is 0 Å². The smallest absolute Gasteiger partial charge is 0.326 e. The SMILES string of the molecule is C=CCC(NC(=O)N1CCCC(OC)C1)C(=O)O. The molecule has 0 aromatic heterocycles. The van der Waals surface area contributed by atoms with Gasteiger partial charge in [-0.15, -0.1) is 6.58 Å². The maximum Gasteiger partial charge on any atom is 0.326 e. The van der Waals surface area contributed by atoms with Crippen LogP contribution < -0.4 is 5.32 Å². The summed E-state index contributed by atoms with van der Waals surface area (Å²) >= 11 is 0. The first-order valence-electron chi connectivity index (χ1n) is 6.00. The van der Waals surface area contributed by atoms with E-state index in [2.05, 4.69) is 11.9 Å². The number of carbonyl (C=O) groups is 2. The van der Waals surface area contributed by atoms with Crippen LogP contribution in [0, 0.1) is 0 Å². The molecule has 1 saturated heterocycles. The molecule has 102 valence electrons. The average molecular weight is 256 g/mol. The van der Waals surface area contributed by atoms with Gasteiger partial charge in [-0.25, -0.2) is 9.59 Å². The van der Waals surface area contributed by atoms with Crippen molar-refractivity contribution in [3.8, 4) is 0 Å². The number of likely N-dealkylation sites (tertiary alicyclic amines) is 1. The van der Waals surface area contributed by atoms with Crippen LogP contribution in [0.3, 0.4) is 0 Å². The van der Waals surface area contributed by atoms with E-state index in [1.165, 1.54) is 6.08 Å². The standard InChI is InChI=1S/C12H20N2O4/c1-3-5-10(11(15)16)13-12(17)14-7-4-6-9(8-14)18-2/h3,9-10H,1,4-8H2,2H3,(H,13,17)(H,15,16). The van der Waals surface area contributed by atoms with Crippen LogP contribution in [0.1, 0.15) is 19.3 Å². The Hall–Kier alpha value is -1.56. The Labute approximate surface area is 107 Å². The van der Waals surface area contributed by atoms with E-state index in [0.29, 0.717) is 13.1 Å². The van der Waals surface area contributed by atoms with E-state index < -0.39 is 12.0 Å². The third-order valence-electron chi connectivity index (χ3n) is 3.00. The van der Waals surface area contributed by atoms with Gasteiger partial charge in [-0.3, -0.25) is 0 Å². The van der Waals surface area contributed by atoms with E-state index in [0.717, 1.165) is 12.8 Å². The molecule has 2 unspecified atom stereocenters. The number of carboxylic acids is 1. The molecule has 18 heavy (non-hydrogen) atoms. The largest absolute Gasteiger partial charge is 0.480 e. The van der Waals surface area contributed by atoms with Gasteiger partial charge < -0.3 is 20.1 Å². The van der Waals surface area contributed by atoms with E-state index >= 15 is 0 Å². The first-order chi connectivity index (χ1) is 8.58. The lowest BCUT2D eigenvalue weighted by Gasteiger charge is -2.32. The van der Waals surface area contributed by atoms with Crippen molar-refractivity contribution in [2.45, 2.75) is 31.4 Å². The van der Waals surface area contributed by atoms with E-state index in [-0.39, 0.29) is 18.6 Å². The predicted molar refractivity (Wildman–Crippen MR) is 66.4 cm³/mol.